The van der Waals surface area contributed by atoms with Crippen LogP contribution in [0.5, 0.6) is 0 Å². The van der Waals surface area contributed by atoms with E-state index < -0.39 is 5.60 Å². The summed E-state index contributed by atoms with van der Waals surface area (Å²) in [6.45, 7) is 4.30. The molecule has 1 saturated carbocycles. The van der Waals surface area contributed by atoms with Gasteiger partial charge in [0.2, 0.25) is 0 Å². The third kappa shape index (κ3) is 2.49. The van der Waals surface area contributed by atoms with Crippen molar-refractivity contribution >= 4 is 5.82 Å². The largest absolute Gasteiger partial charge is 0.388 e. The maximum atomic E-state index is 12.0. The molecule has 2 rings (SSSR count). The van der Waals surface area contributed by atoms with Crippen LogP contribution in [0.15, 0.2) is 17.2 Å². The van der Waals surface area contributed by atoms with Crippen molar-refractivity contribution in [3.05, 3.63) is 22.7 Å². The molecular formula is C12H19N3O2. The van der Waals surface area contributed by atoms with Gasteiger partial charge in [-0.2, -0.15) is 0 Å². The summed E-state index contributed by atoms with van der Waals surface area (Å²) >= 11 is 0. The minimum atomic E-state index is -0.646. The average molecular weight is 237 g/mol. The van der Waals surface area contributed by atoms with E-state index in [2.05, 4.69) is 10.3 Å². The summed E-state index contributed by atoms with van der Waals surface area (Å²) in [6, 6.07) is 0.109. The Morgan fingerprint density at radius 1 is 1.59 bits per heavy atom. The van der Waals surface area contributed by atoms with Gasteiger partial charge in [0.25, 0.3) is 5.56 Å². The van der Waals surface area contributed by atoms with Crippen molar-refractivity contribution in [2.24, 2.45) is 0 Å². The quantitative estimate of drug-likeness (QED) is 0.824. The van der Waals surface area contributed by atoms with Crippen LogP contribution in [0.1, 0.15) is 39.2 Å². The summed E-state index contributed by atoms with van der Waals surface area (Å²) in [5, 5.41) is 12.9. The monoisotopic (exact) mass is 237 g/mol. The van der Waals surface area contributed by atoms with E-state index >= 15 is 0 Å². The topological polar surface area (TPSA) is 67.2 Å². The summed E-state index contributed by atoms with van der Waals surface area (Å²) in [5.74, 6) is 0.321. The van der Waals surface area contributed by atoms with Crippen LogP contribution in [0.3, 0.4) is 0 Å². The molecule has 1 aromatic rings. The number of hydrogen-bond acceptors (Lipinski definition) is 4. The van der Waals surface area contributed by atoms with E-state index in [9.17, 15) is 9.90 Å². The van der Waals surface area contributed by atoms with Gasteiger partial charge in [-0.15, -0.1) is 0 Å². The van der Waals surface area contributed by atoms with Crippen molar-refractivity contribution in [3.63, 3.8) is 0 Å². The molecule has 0 radical (unpaired) electrons. The number of hydrogen-bond donors (Lipinski definition) is 2. The highest BCUT2D eigenvalue weighted by molar-refractivity contribution is 5.31. The van der Waals surface area contributed by atoms with Gasteiger partial charge >= 0.3 is 0 Å². The van der Waals surface area contributed by atoms with Crippen molar-refractivity contribution in [2.75, 3.05) is 11.9 Å². The van der Waals surface area contributed by atoms with Crippen LogP contribution in [-0.2, 0) is 0 Å². The lowest BCUT2D eigenvalue weighted by Crippen LogP contribution is -2.44. The van der Waals surface area contributed by atoms with Crippen LogP contribution in [0.4, 0.5) is 5.82 Å². The van der Waals surface area contributed by atoms with Gasteiger partial charge in [0.05, 0.1) is 5.60 Å². The molecule has 0 atom stereocenters. The summed E-state index contributed by atoms with van der Waals surface area (Å²) in [4.78, 5) is 16.0. The maximum absolute atomic E-state index is 12.0. The van der Waals surface area contributed by atoms with E-state index in [0.29, 0.717) is 12.4 Å². The highest BCUT2D eigenvalue weighted by Gasteiger charge is 2.34. The van der Waals surface area contributed by atoms with Gasteiger partial charge in [-0.05, 0) is 33.1 Å². The lowest BCUT2D eigenvalue weighted by atomic mass is 9.80. The Kier molecular flexibility index (Phi) is 3.19. The number of nitrogens with one attached hydrogen (secondary N) is 1. The first-order valence-corrected chi connectivity index (χ1v) is 6.05. The number of nitrogens with zero attached hydrogens (tertiary/aromatic N) is 2. The van der Waals surface area contributed by atoms with Gasteiger partial charge in [0.1, 0.15) is 0 Å². The third-order valence-corrected chi connectivity index (χ3v) is 3.29. The molecule has 5 nitrogen and oxygen atoms in total. The predicted molar refractivity (Wildman–Crippen MR) is 66.2 cm³/mol. The van der Waals surface area contributed by atoms with Crippen molar-refractivity contribution in [3.8, 4) is 0 Å². The third-order valence-electron chi connectivity index (χ3n) is 3.29. The van der Waals surface area contributed by atoms with Gasteiger partial charge in [0.15, 0.2) is 5.82 Å². The molecule has 17 heavy (non-hydrogen) atoms. The molecule has 0 saturated heterocycles. The molecule has 1 aliphatic carbocycles. The molecule has 94 valence electrons. The van der Waals surface area contributed by atoms with Gasteiger partial charge in [-0.25, -0.2) is 4.98 Å². The van der Waals surface area contributed by atoms with E-state index in [-0.39, 0.29) is 11.6 Å². The van der Waals surface area contributed by atoms with E-state index in [4.69, 9.17) is 0 Å². The highest BCUT2D eigenvalue weighted by atomic mass is 16.3. The minimum absolute atomic E-state index is 0.109. The zero-order valence-electron chi connectivity index (χ0n) is 10.3. The van der Waals surface area contributed by atoms with Gasteiger partial charge in [-0.1, -0.05) is 0 Å². The number of aromatic nitrogens is 2. The Labute approximate surface area is 100 Å². The number of aliphatic hydroxyl groups is 1. The second-order valence-electron chi connectivity index (χ2n) is 5.01. The molecule has 0 unspecified atom stereocenters. The zero-order chi connectivity index (χ0) is 12.5. The molecule has 1 fully saturated rings. The normalized spacial score (nSPS) is 17.9. The van der Waals surface area contributed by atoms with Crippen LogP contribution in [0, 0.1) is 0 Å². The molecular weight excluding hydrogens is 218 g/mol. The van der Waals surface area contributed by atoms with Crippen molar-refractivity contribution in [1.29, 1.82) is 0 Å². The lowest BCUT2D eigenvalue weighted by Gasteiger charge is -2.36. The molecule has 5 heteroatoms. The Bertz CT molecular complexity index is 449. The fraction of sp³-hybridized carbons (Fsp3) is 0.667. The van der Waals surface area contributed by atoms with Gasteiger partial charge in [-0.3, -0.25) is 4.79 Å². The van der Waals surface area contributed by atoms with Crippen molar-refractivity contribution in [1.82, 2.24) is 9.55 Å². The second-order valence-corrected chi connectivity index (χ2v) is 5.01. The SMILES string of the molecule is CC(C)n1ccnc(NCC2(O)CCC2)c1=O. The first-order valence-electron chi connectivity index (χ1n) is 6.05. The van der Waals surface area contributed by atoms with Gasteiger partial charge in [0, 0.05) is 25.0 Å². The Morgan fingerprint density at radius 3 is 2.82 bits per heavy atom. The minimum Gasteiger partial charge on any atom is -0.388 e. The van der Waals surface area contributed by atoms with E-state index in [1.807, 2.05) is 13.8 Å². The Balaban J connectivity index is 2.11. The standard InChI is InChI=1S/C12H19N3O2/c1-9(2)15-7-6-13-10(11(15)16)14-8-12(17)4-3-5-12/h6-7,9,17H,3-5,8H2,1-2H3,(H,13,14). The lowest BCUT2D eigenvalue weighted by molar-refractivity contribution is -0.0202. The van der Waals surface area contributed by atoms with Crippen LogP contribution in [0.2, 0.25) is 0 Å². The van der Waals surface area contributed by atoms with Crippen molar-refractivity contribution < 1.29 is 5.11 Å². The van der Waals surface area contributed by atoms with Gasteiger partial charge < -0.3 is 15.0 Å². The molecule has 2 N–H and O–H groups in total. The van der Waals surface area contributed by atoms with Crippen molar-refractivity contribution in [2.45, 2.75) is 44.8 Å². The highest BCUT2D eigenvalue weighted by Crippen LogP contribution is 2.31. The summed E-state index contributed by atoms with van der Waals surface area (Å²) in [5.41, 5.74) is -0.780. The number of rotatable bonds is 4. The molecule has 1 aliphatic rings. The Hall–Kier alpha value is -1.36. The summed E-state index contributed by atoms with van der Waals surface area (Å²) < 4.78 is 1.63. The molecule has 0 spiro atoms. The molecule has 1 aromatic heterocycles. The second kappa shape index (κ2) is 4.49. The smallest absolute Gasteiger partial charge is 0.293 e. The summed E-state index contributed by atoms with van der Waals surface area (Å²) in [6.07, 6.45) is 5.93. The van der Waals surface area contributed by atoms with E-state index in [0.717, 1.165) is 19.3 Å². The van der Waals surface area contributed by atoms with Crippen LogP contribution in [0.25, 0.3) is 0 Å². The van der Waals surface area contributed by atoms with Crippen LogP contribution in [-0.4, -0.2) is 26.8 Å². The molecule has 0 aliphatic heterocycles. The van der Waals surface area contributed by atoms with E-state index in [1.54, 1.807) is 17.0 Å². The Morgan fingerprint density at radius 2 is 2.29 bits per heavy atom. The molecule has 0 amide bonds. The first kappa shape index (κ1) is 12.1. The maximum Gasteiger partial charge on any atom is 0.293 e. The molecule has 0 aromatic carbocycles. The molecule has 0 bridgehead atoms. The van der Waals surface area contributed by atoms with E-state index in [1.165, 1.54) is 0 Å². The molecule has 1 heterocycles. The van der Waals surface area contributed by atoms with Crippen LogP contribution >= 0.6 is 0 Å². The number of anilines is 1. The first-order chi connectivity index (χ1) is 8.02. The fourth-order valence-corrected chi connectivity index (χ4v) is 1.96. The zero-order valence-corrected chi connectivity index (χ0v) is 10.3. The fourth-order valence-electron chi connectivity index (χ4n) is 1.96. The summed E-state index contributed by atoms with van der Waals surface area (Å²) in [7, 11) is 0. The average Bonchev–Trinajstić information content (AvgIpc) is 2.25. The predicted octanol–water partition coefficient (Wildman–Crippen LogP) is 1.15. The van der Waals surface area contributed by atoms with Crippen LogP contribution < -0.4 is 10.9 Å².